The van der Waals surface area contributed by atoms with Gasteiger partial charge in [-0.25, -0.2) is 4.79 Å². The van der Waals surface area contributed by atoms with Crippen LogP contribution in [-0.4, -0.2) is 31.4 Å². The van der Waals surface area contributed by atoms with Gasteiger partial charge in [-0.2, -0.15) is 0 Å². The third kappa shape index (κ3) is 14.6. The van der Waals surface area contributed by atoms with E-state index in [4.69, 9.17) is 4.74 Å². The van der Waals surface area contributed by atoms with E-state index in [0.717, 1.165) is 57.3 Å². The molecule has 0 aliphatic rings. The van der Waals surface area contributed by atoms with Crippen LogP contribution in [0.3, 0.4) is 0 Å². The lowest BCUT2D eigenvalue weighted by Gasteiger charge is -2.05. The summed E-state index contributed by atoms with van der Waals surface area (Å²) < 4.78 is 9.61. The van der Waals surface area contributed by atoms with Crippen molar-refractivity contribution in [2.24, 2.45) is 0 Å². The molecule has 0 N–H and O–H groups in total. The highest BCUT2D eigenvalue weighted by molar-refractivity contribution is 5.81. The second-order valence-electron chi connectivity index (χ2n) is 4.77. The van der Waals surface area contributed by atoms with Gasteiger partial charge in [0.15, 0.2) is 0 Å². The standard InChI is InChI=1S/C16H26O5/c1-2-15(18)20-13-14-21-16(19)11-9-7-5-3-4-6-8-10-12-17/h2,12H,1,3-11,13-14H2. The fourth-order valence-corrected chi connectivity index (χ4v) is 1.81. The van der Waals surface area contributed by atoms with Crippen LogP contribution >= 0.6 is 0 Å². The normalized spacial score (nSPS) is 9.90. The monoisotopic (exact) mass is 298 g/mol. The van der Waals surface area contributed by atoms with Crippen molar-refractivity contribution in [3.05, 3.63) is 12.7 Å². The Morgan fingerprint density at radius 2 is 1.43 bits per heavy atom. The zero-order valence-electron chi connectivity index (χ0n) is 12.7. The molecule has 21 heavy (non-hydrogen) atoms. The SMILES string of the molecule is C=CC(=O)OCCOC(=O)CCCCCCCCCC=O. The van der Waals surface area contributed by atoms with Gasteiger partial charge in [-0.15, -0.1) is 0 Å². The molecule has 0 amide bonds. The largest absolute Gasteiger partial charge is 0.462 e. The van der Waals surface area contributed by atoms with Crippen LogP contribution in [0.25, 0.3) is 0 Å². The Hall–Kier alpha value is -1.65. The Morgan fingerprint density at radius 1 is 0.857 bits per heavy atom. The molecule has 0 aliphatic carbocycles. The predicted octanol–water partition coefficient (Wildman–Crippen LogP) is 2.97. The first-order valence-corrected chi connectivity index (χ1v) is 7.59. The number of hydrogen-bond donors (Lipinski definition) is 0. The van der Waals surface area contributed by atoms with Crippen molar-refractivity contribution < 1.29 is 23.9 Å². The molecular weight excluding hydrogens is 272 g/mol. The van der Waals surface area contributed by atoms with Crippen molar-refractivity contribution in [1.29, 1.82) is 0 Å². The number of ether oxygens (including phenoxy) is 2. The fourth-order valence-electron chi connectivity index (χ4n) is 1.81. The van der Waals surface area contributed by atoms with E-state index in [9.17, 15) is 14.4 Å². The van der Waals surface area contributed by atoms with Gasteiger partial charge in [0.2, 0.25) is 0 Å². The van der Waals surface area contributed by atoms with Crippen LogP contribution in [0.2, 0.25) is 0 Å². The Balaban J connectivity index is 3.24. The predicted molar refractivity (Wildman–Crippen MR) is 79.7 cm³/mol. The van der Waals surface area contributed by atoms with E-state index in [2.05, 4.69) is 11.3 Å². The number of carbonyl (C=O) groups excluding carboxylic acids is 3. The molecule has 0 aromatic carbocycles. The van der Waals surface area contributed by atoms with Crippen molar-refractivity contribution in [2.75, 3.05) is 13.2 Å². The van der Waals surface area contributed by atoms with Gasteiger partial charge in [-0.1, -0.05) is 38.7 Å². The molecule has 5 nitrogen and oxygen atoms in total. The third-order valence-electron chi connectivity index (χ3n) is 2.96. The fraction of sp³-hybridized carbons (Fsp3) is 0.688. The van der Waals surface area contributed by atoms with Crippen LogP contribution in [0.5, 0.6) is 0 Å². The van der Waals surface area contributed by atoms with E-state index in [-0.39, 0.29) is 19.2 Å². The van der Waals surface area contributed by atoms with E-state index in [0.29, 0.717) is 12.8 Å². The van der Waals surface area contributed by atoms with Gasteiger partial charge in [-0.3, -0.25) is 4.79 Å². The van der Waals surface area contributed by atoms with Gasteiger partial charge in [0.1, 0.15) is 19.5 Å². The molecule has 0 aliphatic heterocycles. The van der Waals surface area contributed by atoms with E-state index in [1.165, 1.54) is 0 Å². The number of esters is 2. The van der Waals surface area contributed by atoms with Gasteiger partial charge >= 0.3 is 11.9 Å². The number of unbranched alkanes of at least 4 members (excludes halogenated alkanes) is 7. The molecule has 0 fully saturated rings. The first-order chi connectivity index (χ1) is 10.2. The minimum Gasteiger partial charge on any atom is -0.462 e. The minimum atomic E-state index is -0.515. The molecule has 0 unspecified atom stereocenters. The first kappa shape index (κ1) is 19.4. The molecule has 0 bridgehead atoms. The molecular formula is C16H26O5. The smallest absolute Gasteiger partial charge is 0.330 e. The lowest BCUT2D eigenvalue weighted by atomic mass is 10.1. The Labute approximate surface area is 126 Å². The summed E-state index contributed by atoms with van der Waals surface area (Å²) in [6.07, 6.45) is 10.4. The summed E-state index contributed by atoms with van der Waals surface area (Å²) in [5, 5.41) is 0. The molecule has 0 heterocycles. The maximum Gasteiger partial charge on any atom is 0.330 e. The molecule has 0 rings (SSSR count). The van der Waals surface area contributed by atoms with Gasteiger partial charge in [-0.05, 0) is 12.8 Å². The Kier molecular flexibility index (Phi) is 13.6. The average molecular weight is 298 g/mol. The van der Waals surface area contributed by atoms with Gasteiger partial charge in [0, 0.05) is 18.9 Å². The molecule has 0 atom stereocenters. The van der Waals surface area contributed by atoms with E-state index in [1.54, 1.807) is 0 Å². The highest BCUT2D eigenvalue weighted by Crippen LogP contribution is 2.09. The zero-order valence-corrected chi connectivity index (χ0v) is 12.7. The topological polar surface area (TPSA) is 69.7 Å². The lowest BCUT2D eigenvalue weighted by molar-refractivity contribution is -0.149. The molecule has 0 saturated heterocycles. The van der Waals surface area contributed by atoms with Crippen LogP contribution in [0.1, 0.15) is 57.8 Å². The van der Waals surface area contributed by atoms with Crippen LogP contribution in [0.4, 0.5) is 0 Å². The van der Waals surface area contributed by atoms with Crippen molar-refractivity contribution in [3.8, 4) is 0 Å². The molecule has 0 saturated carbocycles. The van der Waals surface area contributed by atoms with Crippen LogP contribution in [0.15, 0.2) is 12.7 Å². The summed E-state index contributed by atoms with van der Waals surface area (Å²) in [6.45, 7) is 3.42. The van der Waals surface area contributed by atoms with E-state index >= 15 is 0 Å². The van der Waals surface area contributed by atoms with Crippen molar-refractivity contribution in [3.63, 3.8) is 0 Å². The molecule has 0 radical (unpaired) electrons. The molecule has 5 heteroatoms. The number of aldehydes is 1. The summed E-state index contributed by atoms with van der Waals surface area (Å²) in [5.41, 5.74) is 0. The van der Waals surface area contributed by atoms with Crippen molar-refractivity contribution in [1.82, 2.24) is 0 Å². The summed E-state index contributed by atoms with van der Waals surface area (Å²) in [5.74, 6) is -0.769. The lowest BCUT2D eigenvalue weighted by Crippen LogP contribution is -2.12. The number of rotatable bonds is 14. The summed E-state index contributed by atoms with van der Waals surface area (Å²) in [7, 11) is 0. The minimum absolute atomic E-state index is 0.0668. The van der Waals surface area contributed by atoms with E-state index in [1.807, 2.05) is 0 Å². The highest BCUT2D eigenvalue weighted by atomic mass is 16.6. The van der Waals surface area contributed by atoms with Crippen molar-refractivity contribution >= 4 is 18.2 Å². The average Bonchev–Trinajstić information content (AvgIpc) is 2.49. The van der Waals surface area contributed by atoms with Crippen LogP contribution < -0.4 is 0 Å². The Bertz CT molecular complexity index is 312. The van der Waals surface area contributed by atoms with Crippen LogP contribution in [-0.2, 0) is 23.9 Å². The van der Waals surface area contributed by atoms with Gasteiger partial charge in [0.05, 0.1) is 0 Å². The second-order valence-corrected chi connectivity index (χ2v) is 4.77. The zero-order chi connectivity index (χ0) is 15.8. The van der Waals surface area contributed by atoms with Gasteiger partial charge in [0.25, 0.3) is 0 Å². The molecule has 0 spiro atoms. The molecule has 0 aromatic heterocycles. The third-order valence-corrected chi connectivity index (χ3v) is 2.96. The summed E-state index contributed by atoms with van der Waals surface area (Å²) in [6, 6.07) is 0. The van der Waals surface area contributed by atoms with Crippen molar-refractivity contribution in [2.45, 2.75) is 57.8 Å². The number of hydrogen-bond acceptors (Lipinski definition) is 5. The number of carbonyl (C=O) groups is 3. The van der Waals surface area contributed by atoms with Gasteiger partial charge < -0.3 is 14.3 Å². The quantitative estimate of drug-likeness (QED) is 0.213. The first-order valence-electron chi connectivity index (χ1n) is 7.59. The Morgan fingerprint density at radius 3 is 2.05 bits per heavy atom. The summed E-state index contributed by atoms with van der Waals surface area (Å²) >= 11 is 0. The highest BCUT2D eigenvalue weighted by Gasteiger charge is 2.03. The maximum atomic E-state index is 11.3. The molecule has 120 valence electrons. The van der Waals surface area contributed by atoms with E-state index < -0.39 is 5.97 Å². The second kappa shape index (κ2) is 14.8. The molecule has 0 aromatic rings. The summed E-state index contributed by atoms with van der Waals surface area (Å²) in [4.78, 5) is 32.2. The van der Waals surface area contributed by atoms with Crippen LogP contribution in [0, 0.1) is 0 Å². The maximum absolute atomic E-state index is 11.3.